The Hall–Kier alpha value is -3.34. The Morgan fingerprint density at radius 3 is 2.03 bits per heavy atom. The largest absolute Gasteiger partial charge is 0.368 e. The molecule has 5 heteroatoms. The maximum absolute atomic E-state index is 4.99. The fourth-order valence-corrected chi connectivity index (χ4v) is 3.36. The van der Waals surface area contributed by atoms with Gasteiger partial charge in [-0.05, 0) is 6.42 Å². The van der Waals surface area contributed by atoms with Crippen molar-refractivity contribution in [1.82, 2.24) is 19.9 Å². The number of rotatable bonds is 8. The minimum absolute atomic E-state index is 0.606. The zero-order valence-corrected chi connectivity index (χ0v) is 16.7. The summed E-state index contributed by atoms with van der Waals surface area (Å²) in [5, 5.41) is 3.43. The van der Waals surface area contributed by atoms with E-state index in [1.807, 2.05) is 36.4 Å². The molecule has 2 heterocycles. The number of hydrogen-bond donors (Lipinski definition) is 1. The van der Waals surface area contributed by atoms with E-state index >= 15 is 0 Å². The van der Waals surface area contributed by atoms with E-state index in [0.29, 0.717) is 11.2 Å². The van der Waals surface area contributed by atoms with E-state index in [9.17, 15) is 0 Å². The Kier molecular flexibility index (Phi) is 6.05. The molecule has 0 saturated heterocycles. The summed E-state index contributed by atoms with van der Waals surface area (Å²) in [5.41, 5.74) is 5.04. The molecule has 0 spiro atoms. The lowest BCUT2D eigenvalue weighted by atomic mass is 10.0. The van der Waals surface area contributed by atoms with E-state index in [0.717, 1.165) is 41.3 Å². The molecule has 0 aliphatic heterocycles. The highest BCUT2D eigenvalue weighted by molar-refractivity contribution is 5.89. The van der Waals surface area contributed by atoms with Crippen LogP contribution >= 0.6 is 0 Å². The standard InChI is InChI=1S/C24H25N5/c1-2-3-4-11-16-25-23-22-24(27-17-26-23)29-21(19-14-9-6-10-15-19)20(28-22)18-12-7-5-8-13-18/h5-10,12-15,17H,2-4,11,16H2,1H3,(H,25,26,27,29). The summed E-state index contributed by atoms with van der Waals surface area (Å²) in [7, 11) is 0. The Morgan fingerprint density at radius 2 is 1.38 bits per heavy atom. The van der Waals surface area contributed by atoms with Crippen LogP contribution in [0.3, 0.4) is 0 Å². The van der Waals surface area contributed by atoms with Gasteiger partial charge in [-0.25, -0.2) is 19.9 Å². The first kappa shape index (κ1) is 19.0. The molecule has 1 N–H and O–H groups in total. The van der Waals surface area contributed by atoms with Gasteiger partial charge in [-0.3, -0.25) is 0 Å². The molecule has 146 valence electrons. The minimum Gasteiger partial charge on any atom is -0.368 e. The van der Waals surface area contributed by atoms with Crippen LogP contribution in [0.2, 0.25) is 0 Å². The summed E-state index contributed by atoms with van der Waals surface area (Å²) >= 11 is 0. The van der Waals surface area contributed by atoms with E-state index in [-0.39, 0.29) is 0 Å². The summed E-state index contributed by atoms with van der Waals surface area (Å²) < 4.78 is 0. The van der Waals surface area contributed by atoms with Gasteiger partial charge in [0.25, 0.3) is 0 Å². The molecule has 0 aliphatic carbocycles. The lowest BCUT2D eigenvalue weighted by Crippen LogP contribution is -2.07. The Morgan fingerprint density at radius 1 is 0.724 bits per heavy atom. The molecular formula is C24H25N5. The van der Waals surface area contributed by atoms with Gasteiger partial charge in [0.15, 0.2) is 17.0 Å². The van der Waals surface area contributed by atoms with Gasteiger partial charge in [0.05, 0.1) is 11.4 Å². The van der Waals surface area contributed by atoms with Crippen molar-refractivity contribution in [3.63, 3.8) is 0 Å². The number of fused-ring (bicyclic) bond motifs is 1. The first-order valence-corrected chi connectivity index (χ1v) is 10.2. The van der Waals surface area contributed by atoms with Crippen molar-refractivity contribution in [1.29, 1.82) is 0 Å². The average molecular weight is 383 g/mol. The normalized spacial score (nSPS) is 10.9. The van der Waals surface area contributed by atoms with Gasteiger partial charge in [-0.2, -0.15) is 0 Å². The Bertz CT molecular complexity index is 1060. The van der Waals surface area contributed by atoms with Gasteiger partial charge in [0.2, 0.25) is 0 Å². The first-order chi connectivity index (χ1) is 14.4. The molecule has 0 bridgehead atoms. The van der Waals surface area contributed by atoms with Gasteiger partial charge in [0, 0.05) is 17.7 Å². The van der Waals surface area contributed by atoms with Crippen LogP contribution in [0.15, 0.2) is 67.0 Å². The van der Waals surface area contributed by atoms with Crippen LogP contribution in [0.1, 0.15) is 32.6 Å². The second-order valence-electron chi connectivity index (χ2n) is 7.03. The average Bonchev–Trinajstić information content (AvgIpc) is 2.79. The summed E-state index contributed by atoms with van der Waals surface area (Å²) in [6, 6.07) is 20.3. The number of nitrogens with zero attached hydrogens (tertiary/aromatic N) is 4. The fraction of sp³-hybridized carbons (Fsp3) is 0.250. The van der Waals surface area contributed by atoms with E-state index in [1.165, 1.54) is 19.3 Å². The maximum atomic E-state index is 4.99. The smallest absolute Gasteiger partial charge is 0.184 e. The second kappa shape index (κ2) is 9.24. The predicted molar refractivity (Wildman–Crippen MR) is 119 cm³/mol. The zero-order chi connectivity index (χ0) is 19.9. The number of nitrogens with one attached hydrogen (secondary N) is 1. The first-order valence-electron chi connectivity index (χ1n) is 10.2. The van der Waals surface area contributed by atoms with Crippen LogP contribution in [0, 0.1) is 0 Å². The Labute approximate surface area is 171 Å². The predicted octanol–water partition coefficient (Wildman–Crippen LogP) is 5.75. The van der Waals surface area contributed by atoms with Gasteiger partial charge < -0.3 is 5.32 Å². The van der Waals surface area contributed by atoms with Crippen LogP contribution < -0.4 is 5.32 Å². The molecule has 29 heavy (non-hydrogen) atoms. The van der Waals surface area contributed by atoms with Crippen molar-refractivity contribution < 1.29 is 0 Å². The molecule has 0 unspecified atom stereocenters. The quantitative estimate of drug-likeness (QED) is 0.393. The maximum Gasteiger partial charge on any atom is 0.184 e. The van der Waals surface area contributed by atoms with Crippen molar-refractivity contribution >= 4 is 17.0 Å². The van der Waals surface area contributed by atoms with E-state index < -0.39 is 0 Å². The van der Waals surface area contributed by atoms with E-state index in [1.54, 1.807) is 6.33 Å². The minimum atomic E-state index is 0.606. The highest BCUT2D eigenvalue weighted by atomic mass is 15.1. The molecule has 5 nitrogen and oxygen atoms in total. The lowest BCUT2D eigenvalue weighted by molar-refractivity contribution is 0.684. The van der Waals surface area contributed by atoms with Gasteiger partial charge in [-0.1, -0.05) is 86.8 Å². The number of unbranched alkanes of at least 4 members (excludes halogenated alkanes) is 3. The molecule has 0 radical (unpaired) electrons. The molecule has 0 saturated carbocycles. The Balaban J connectivity index is 1.78. The van der Waals surface area contributed by atoms with Crippen LogP contribution in [-0.4, -0.2) is 26.5 Å². The van der Waals surface area contributed by atoms with E-state index in [4.69, 9.17) is 9.97 Å². The number of hydrogen-bond acceptors (Lipinski definition) is 5. The highest BCUT2D eigenvalue weighted by Gasteiger charge is 2.16. The summed E-state index contributed by atoms with van der Waals surface area (Å²) in [6.45, 7) is 3.09. The van der Waals surface area contributed by atoms with Crippen LogP contribution in [0.4, 0.5) is 5.82 Å². The fourth-order valence-electron chi connectivity index (χ4n) is 3.36. The van der Waals surface area contributed by atoms with Crippen LogP contribution in [0.25, 0.3) is 33.7 Å². The third-order valence-electron chi connectivity index (χ3n) is 4.89. The molecule has 2 aromatic heterocycles. The monoisotopic (exact) mass is 383 g/mol. The summed E-state index contributed by atoms with van der Waals surface area (Å²) in [5.74, 6) is 0.746. The second-order valence-corrected chi connectivity index (χ2v) is 7.03. The molecule has 0 atom stereocenters. The number of aromatic nitrogens is 4. The van der Waals surface area contributed by atoms with Crippen molar-refractivity contribution in [3.05, 3.63) is 67.0 Å². The molecule has 4 rings (SSSR count). The topological polar surface area (TPSA) is 63.6 Å². The summed E-state index contributed by atoms with van der Waals surface area (Å²) in [4.78, 5) is 18.7. The molecule has 0 fully saturated rings. The van der Waals surface area contributed by atoms with Crippen molar-refractivity contribution in [2.45, 2.75) is 32.6 Å². The zero-order valence-electron chi connectivity index (χ0n) is 16.7. The van der Waals surface area contributed by atoms with Crippen LogP contribution in [0.5, 0.6) is 0 Å². The van der Waals surface area contributed by atoms with Crippen molar-refractivity contribution in [2.75, 3.05) is 11.9 Å². The molecule has 0 amide bonds. The third-order valence-corrected chi connectivity index (χ3v) is 4.89. The number of benzene rings is 2. The molecule has 0 aliphatic rings. The number of anilines is 1. The van der Waals surface area contributed by atoms with Gasteiger partial charge in [0.1, 0.15) is 6.33 Å². The van der Waals surface area contributed by atoms with Gasteiger partial charge in [-0.15, -0.1) is 0 Å². The van der Waals surface area contributed by atoms with E-state index in [2.05, 4.69) is 46.5 Å². The third kappa shape index (κ3) is 4.40. The van der Waals surface area contributed by atoms with Gasteiger partial charge >= 0.3 is 0 Å². The van der Waals surface area contributed by atoms with Crippen LogP contribution in [-0.2, 0) is 0 Å². The van der Waals surface area contributed by atoms with Crippen molar-refractivity contribution in [3.8, 4) is 22.5 Å². The lowest BCUT2D eigenvalue weighted by Gasteiger charge is -2.12. The highest BCUT2D eigenvalue weighted by Crippen LogP contribution is 2.31. The molecular weight excluding hydrogens is 358 g/mol. The molecule has 4 aromatic rings. The SMILES string of the molecule is CCCCCCNc1ncnc2nc(-c3ccccc3)c(-c3ccccc3)nc12. The van der Waals surface area contributed by atoms with Crippen molar-refractivity contribution in [2.24, 2.45) is 0 Å². The molecule has 2 aromatic carbocycles. The summed E-state index contributed by atoms with van der Waals surface area (Å²) in [6.07, 6.45) is 6.36.